The molecule has 7 heteroatoms. The Balaban J connectivity index is 2.06. The molecule has 166 valence electrons. The van der Waals surface area contributed by atoms with Crippen molar-refractivity contribution in [3.63, 3.8) is 0 Å². The SMILES string of the molecule is CC(C)(C)OC(=O)CN(c1ccccc1/C=C/c1ccncc1)S(=O)(=O)c1ccccc1. The van der Waals surface area contributed by atoms with Crippen LogP contribution in [0.25, 0.3) is 12.2 Å². The van der Waals surface area contributed by atoms with Gasteiger partial charge in [0, 0.05) is 12.4 Å². The van der Waals surface area contributed by atoms with E-state index in [-0.39, 0.29) is 4.90 Å². The quantitative estimate of drug-likeness (QED) is 0.484. The first-order valence-electron chi connectivity index (χ1n) is 10.1. The Hall–Kier alpha value is -3.45. The smallest absolute Gasteiger partial charge is 0.327 e. The van der Waals surface area contributed by atoms with Crippen LogP contribution in [-0.2, 0) is 19.6 Å². The van der Waals surface area contributed by atoms with E-state index in [9.17, 15) is 13.2 Å². The van der Waals surface area contributed by atoms with Crippen molar-refractivity contribution in [1.29, 1.82) is 0 Å². The van der Waals surface area contributed by atoms with Gasteiger partial charge < -0.3 is 4.74 Å². The first-order chi connectivity index (χ1) is 15.2. The number of hydrogen-bond donors (Lipinski definition) is 0. The highest BCUT2D eigenvalue weighted by atomic mass is 32.2. The van der Waals surface area contributed by atoms with Gasteiger partial charge in [0.05, 0.1) is 10.6 Å². The third-order valence-corrected chi connectivity index (χ3v) is 6.16. The molecule has 1 aromatic heterocycles. The second kappa shape index (κ2) is 9.78. The number of para-hydroxylation sites is 1. The molecule has 6 nitrogen and oxygen atoms in total. The molecule has 0 atom stereocenters. The van der Waals surface area contributed by atoms with Crippen LogP contribution in [0.4, 0.5) is 5.69 Å². The summed E-state index contributed by atoms with van der Waals surface area (Å²) < 4.78 is 33.6. The molecule has 0 spiro atoms. The second-order valence-corrected chi connectivity index (χ2v) is 9.95. The van der Waals surface area contributed by atoms with Gasteiger partial charge in [-0.25, -0.2) is 8.42 Å². The molecule has 2 aromatic carbocycles. The van der Waals surface area contributed by atoms with Gasteiger partial charge in [-0.15, -0.1) is 0 Å². The summed E-state index contributed by atoms with van der Waals surface area (Å²) in [5.41, 5.74) is 1.21. The third kappa shape index (κ3) is 6.04. The molecule has 0 aliphatic rings. The minimum absolute atomic E-state index is 0.0940. The standard InChI is InChI=1S/C25H26N2O4S/c1-25(2,3)31-24(28)19-27(32(29,30)22-10-5-4-6-11-22)23-12-8-7-9-21(23)14-13-20-15-17-26-18-16-20/h4-18H,19H2,1-3H3/b14-13+. The van der Waals surface area contributed by atoms with Crippen LogP contribution in [0.1, 0.15) is 31.9 Å². The first-order valence-corrected chi connectivity index (χ1v) is 11.6. The molecule has 0 radical (unpaired) electrons. The van der Waals surface area contributed by atoms with E-state index in [0.29, 0.717) is 11.3 Å². The van der Waals surface area contributed by atoms with Crippen molar-refractivity contribution < 1.29 is 17.9 Å². The Labute approximate surface area is 189 Å². The van der Waals surface area contributed by atoms with Crippen molar-refractivity contribution in [2.24, 2.45) is 0 Å². The molecular weight excluding hydrogens is 424 g/mol. The lowest BCUT2D eigenvalue weighted by Crippen LogP contribution is -2.39. The third-order valence-electron chi connectivity index (χ3n) is 4.39. The number of anilines is 1. The number of carbonyl (C=O) groups excluding carboxylic acids is 1. The van der Waals surface area contributed by atoms with E-state index in [0.717, 1.165) is 9.87 Å². The van der Waals surface area contributed by atoms with E-state index in [2.05, 4.69) is 4.98 Å². The molecule has 0 aliphatic heterocycles. The fraction of sp³-hybridized carbons (Fsp3) is 0.200. The second-order valence-electron chi connectivity index (χ2n) is 8.08. The van der Waals surface area contributed by atoms with Crippen molar-refractivity contribution in [2.45, 2.75) is 31.3 Å². The van der Waals surface area contributed by atoms with E-state index in [1.54, 1.807) is 69.6 Å². The molecule has 3 aromatic rings. The zero-order valence-electron chi connectivity index (χ0n) is 18.3. The molecule has 32 heavy (non-hydrogen) atoms. The van der Waals surface area contributed by atoms with Crippen LogP contribution >= 0.6 is 0 Å². The number of hydrogen-bond acceptors (Lipinski definition) is 5. The van der Waals surface area contributed by atoms with Gasteiger partial charge in [0.15, 0.2) is 0 Å². The average Bonchev–Trinajstić information content (AvgIpc) is 2.76. The Kier molecular flexibility index (Phi) is 7.10. The zero-order chi connectivity index (χ0) is 23.2. The van der Waals surface area contributed by atoms with Crippen LogP contribution in [0.3, 0.4) is 0 Å². The summed E-state index contributed by atoms with van der Waals surface area (Å²) in [5.74, 6) is -0.634. The van der Waals surface area contributed by atoms with Gasteiger partial charge in [-0.05, 0) is 62.2 Å². The average molecular weight is 451 g/mol. The Morgan fingerprint density at radius 3 is 2.22 bits per heavy atom. The van der Waals surface area contributed by atoms with Gasteiger partial charge in [-0.3, -0.25) is 14.1 Å². The minimum atomic E-state index is -4.02. The molecule has 1 heterocycles. The van der Waals surface area contributed by atoms with Crippen LogP contribution in [-0.4, -0.2) is 31.5 Å². The van der Waals surface area contributed by atoms with Crippen molar-refractivity contribution in [1.82, 2.24) is 4.98 Å². The normalized spacial score (nSPS) is 12.0. The highest BCUT2D eigenvalue weighted by molar-refractivity contribution is 7.92. The highest BCUT2D eigenvalue weighted by Gasteiger charge is 2.30. The number of benzene rings is 2. The van der Waals surface area contributed by atoms with Crippen molar-refractivity contribution in [3.05, 3.63) is 90.3 Å². The fourth-order valence-corrected chi connectivity index (χ4v) is 4.48. The lowest BCUT2D eigenvalue weighted by Gasteiger charge is -2.27. The predicted octanol–water partition coefficient (Wildman–Crippen LogP) is 4.79. The van der Waals surface area contributed by atoms with Crippen molar-refractivity contribution in [2.75, 3.05) is 10.8 Å². The number of sulfonamides is 1. The predicted molar refractivity (Wildman–Crippen MR) is 126 cm³/mol. The summed E-state index contributed by atoms with van der Waals surface area (Å²) in [6.07, 6.45) is 7.04. The summed E-state index contributed by atoms with van der Waals surface area (Å²) in [4.78, 5) is 16.8. The Morgan fingerprint density at radius 2 is 1.56 bits per heavy atom. The van der Waals surface area contributed by atoms with Crippen LogP contribution < -0.4 is 4.31 Å². The summed E-state index contributed by atoms with van der Waals surface area (Å²) in [6.45, 7) is 4.78. The molecule has 0 bridgehead atoms. The van der Waals surface area contributed by atoms with Crippen molar-refractivity contribution >= 4 is 33.8 Å². The molecule has 0 aliphatic carbocycles. The number of esters is 1. The number of rotatable bonds is 7. The maximum Gasteiger partial charge on any atom is 0.327 e. The summed E-state index contributed by atoms with van der Waals surface area (Å²) in [7, 11) is -4.02. The number of nitrogens with zero attached hydrogens (tertiary/aromatic N) is 2. The monoisotopic (exact) mass is 450 g/mol. The molecule has 0 saturated carbocycles. The van der Waals surface area contributed by atoms with E-state index in [1.807, 2.05) is 30.4 Å². The lowest BCUT2D eigenvalue weighted by atomic mass is 10.1. The highest BCUT2D eigenvalue weighted by Crippen LogP contribution is 2.29. The largest absolute Gasteiger partial charge is 0.459 e. The molecule has 0 N–H and O–H groups in total. The van der Waals surface area contributed by atoms with Gasteiger partial charge >= 0.3 is 5.97 Å². The molecule has 0 fully saturated rings. The van der Waals surface area contributed by atoms with Gasteiger partial charge in [0.1, 0.15) is 12.1 Å². The minimum Gasteiger partial charge on any atom is -0.459 e. The topological polar surface area (TPSA) is 76.6 Å². The van der Waals surface area contributed by atoms with Gasteiger partial charge in [-0.2, -0.15) is 0 Å². The molecule has 3 rings (SSSR count). The van der Waals surface area contributed by atoms with Gasteiger partial charge in [0.2, 0.25) is 0 Å². The molecule has 0 amide bonds. The van der Waals surface area contributed by atoms with E-state index >= 15 is 0 Å². The van der Waals surface area contributed by atoms with Crippen LogP contribution in [0.5, 0.6) is 0 Å². The Morgan fingerprint density at radius 1 is 0.938 bits per heavy atom. The summed E-state index contributed by atoms with van der Waals surface area (Å²) in [5, 5.41) is 0. The number of carbonyl (C=O) groups is 1. The molecule has 0 saturated heterocycles. The first kappa shape index (κ1) is 23.2. The number of ether oxygens (including phenoxy) is 1. The van der Waals surface area contributed by atoms with Crippen LogP contribution in [0.15, 0.2) is 84.0 Å². The van der Waals surface area contributed by atoms with Crippen molar-refractivity contribution in [3.8, 4) is 0 Å². The number of aromatic nitrogens is 1. The van der Waals surface area contributed by atoms with Crippen LogP contribution in [0, 0.1) is 0 Å². The summed E-state index contributed by atoms with van der Waals surface area (Å²) in [6, 6.07) is 18.8. The summed E-state index contributed by atoms with van der Waals surface area (Å²) >= 11 is 0. The molecular formula is C25H26N2O4S. The van der Waals surface area contributed by atoms with Gasteiger partial charge in [0.25, 0.3) is 10.0 Å². The number of pyridine rings is 1. The molecule has 0 unspecified atom stereocenters. The lowest BCUT2D eigenvalue weighted by molar-refractivity contribution is -0.152. The van der Waals surface area contributed by atoms with E-state index in [1.165, 1.54) is 12.1 Å². The van der Waals surface area contributed by atoms with E-state index < -0.39 is 28.1 Å². The fourth-order valence-electron chi connectivity index (χ4n) is 3.03. The zero-order valence-corrected chi connectivity index (χ0v) is 19.1. The maximum absolute atomic E-state index is 13.5. The maximum atomic E-state index is 13.5. The van der Waals surface area contributed by atoms with Crippen LogP contribution in [0.2, 0.25) is 0 Å². The van der Waals surface area contributed by atoms with E-state index in [4.69, 9.17) is 4.74 Å². The van der Waals surface area contributed by atoms with Gasteiger partial charge in [-0.1, -0.05) is 48.6 Å². The Bertz CT molecular complexity index is 1190.